The largest absolute Gasteiger partial charge is 0.497 e. The third-order valence-electron chi connectivity index (χ3n) is 5.98. The zero-order valence-electron chi connectivity index (χ0n) is 16.5. The molecule has 152 valence electrons. The van der Waals surface area contributed by atoms with Gasteiger partial charge >= 0.3 is 0 Å². The molecule has 0 bridgehead atoms. The first-order chi connectivity index (χ1) is 14.0. The van der Waals surface area contributed by atoms with Crippen LogP contribution in [0.15, 0.2) is 42.5 Å². The molecule has 0 unspecified atom stereocenters. The van der Waals surface area contributed by atoms with E-state index in [2.05, 4.69) is 4.57 Å². The number of benzene rings is 2. The van der Waals surface area contributed by atoms with E-state index >= 15 is 0 Å². The fourth-order valence-corrected chi connectivity index (χ4v) is 5.82. The SMILES string of the molecule is COc1ccc2c(N)c(-c3ccc(N4CCCS4(=O)=O)cc3)n(CC3CC3)c2c1. The summed E-state index contributed by atoms with van der Waals surface area (Å²) in [5.41, 5.74) is 11.1. The maximum absolute atomic E-state index is 12.2. The Morgan fingerprint density at radius 2 is 1.90 bits per heavy atom. The molecule has 2 N–H and O–H groups in total. The molecule has 1 saturated heterocycles. The van der Waals surface area contributed by atoms with Crippen molar-refractivity contribution in [3.63, 3.8) is 0 Å². The van der Waals surface area contributed by atoms with E-state index < -0.39 is 10.0 Å². The lowest BCUT2D eigenvalue weighted by Gasteiger charge is -2.18. The lowest BCUT2D eigenvalue weighted by molar-refractivity contribution is 0.415. The predicted octanol–water partition coefficient (Wildman–Crippen LogP) is 3.85. The molecule has 0 amide bonds. The van der Waals surface area contributed by atoms with E-state index in [0.29, 0.717) is 18.9 Å². The summed E-state index contributed by atoms with van der Waals surface area (Å²) in [4.78, 5) is 0. The molecule has 1 saturated carbocycles. The molecule has 0 radical (unpaired) electrons. The Bertz CT molecular complexity index is 1180. The number of aromatic nitrogens is 1. The summed E-state index contributed by atoms with van der Waals surface area (Å²) in [6, 6.07) is 13.7. The van der Waals surface area contributed by atoms with Crippen LogP contribution in [0.4, 0.5) is 11.4 Å². The van der Waals surface area contributed by atoms with Gasteiger partial charge in [-0.2, -0.15) is 0 Å². The topological polar surface area (TPSA) is 77.6 Å². The first-order valence-electron chi connectivity index (χ1n) is 10.0. The quantitative estimate of drug-likeness (QED) is 0.692. The van der Waals surface area contributed by atoms with E-state index in [1.54, 1.807) is 7.11 Å². The Morgan fingerprint density at radius 1 is 1.14 bits per heavy atom. The van der Waals surface area contributed by atoms with Crippen LogP contribution in [0, 0.1) is 5.92 Å². The van der Waals surface area contributed by atoms with Crippen LogP contribution in [0.2, 0.25) is 0 Å². The minimum absolute atomic E-state index is 0.221. The smallest absolute Gasteiger partial charge is 0.235 e. The summed E-state index contributed by atoms with van der Waals surface area (Å²) in [6.45, 7) is 1.48. The van der Waals surface area contributed by atoms with Gasteiger partial charge in [0.25, 0.3) is 0 Å². The molecule has 1 aromatic heterocycles. The Balaban J connectivity index is 1.61. The van der Waals surface area contributed by atoms with Gasteiger partial charge in [-0.05, 0) is 49.4 Å². The Hall–Kier alpha value is -2.67. The molecule has 3 aromatic rings. The summed E-state index contributed by atoms with van der Waals surface area (Å²) in [5, 5.41) is 1.02. The number of hydrogen-bond donors (Lipinski definition) is 1. The molecular weight excluding hydrogens is 386 g/mol. The van der Waals surface area contributed by atoms with Crippen LogP contribution in [0.1, 0.15) is 19.3 Å². The summed E-state index contributed by atoms with van der Waals surface area (Å²) in [5.74, 6) is 1.72. The number of methoxy groups -OCH3 is 1. The van der Waals surface area contributed by atoms with Crippen LogP contribution in [0.25, 0.3) is 22.2 Å². The summed E-state index contributed by atoms with van der Waals surface area (Å²) < 4.78 is 33.7. The molecule has 1 aliphatic carbocycles. The van der Waals surface area contributed by atoms with E-state index in [-0.39, 0.29) is 5.75 Å². The van der Waals surface area contributed by atoms with Crippen molar-refractivity contribution >= 4 is 32.3 Å². The van der Waals surface area contributed by atoms with Crippen LogP contribution in [0.5, 0.6) is 5.75 Å². The van der Waals surface area contributed by atoms with Gasteiger partial charge in [0, 0.05) is 30.1 Å². The average molecular weight is 412 g/mol. The molecule has 7 heteroatoms. The third kappa shape index (κ3) is 3.13. The maximum atomic E-state index is 12.2. The number of ether oxygens (including phenoxy) is 1. The second kappa shape index (κ2) is 6.69. The molecule has 2 aromatic carbocycles. The van der Waals surface area contributed by atoms with Crippen LogP contribution < -0.4 is 14.8 Å². The molecule has 1 aliphatic heterocycles. The van der Waals surface area contributed by atoms with Crippen molar-refractivity contribution < 1.29 is 13.2 Å². The monoisotopic (exact) mass is 411 g/mol. The average Bonchev–Trinajstić information content (AvgIpc) is 3.41. The predicted molar refractivity (Wildman–Crippen MR) is 117 cm³/mol. The minimum Gasteiger partial charge on any atom is -0.497 e. The number of sulfonamides is 1. The van der Waals surface area contributed by atoms with Gasteiger partial charge < -0.3 is 15.0 Å². The number of hydrogen-bond acceptors (Lipinski definition) is 4. The van der Waals surface area contributed by atoms with Gasteiger partial charge in [0.2, 0.25) is 10.0 Å². The second-order valence-electron chi connectivity index (χ2n) is 7.99. The second-order valence-corrected chi connectivity index (χ2v) is 10.0. The van der Waals surface area contributed by atoms with Crippen molar-refractivity contribution in [3.05, 3.63) is 42.5 Å². The van der Waals surface area contributed by atoms with Crippen LogP contribution in [0.3, 0.4) is 0 Å². The first kappa shape index (κ1) is 18.4. The van der Waals surface area contributed by atoms with Crippen molar-refractivity contribution in [2.24, 2.45) is 5.92 Å². The molecule has 5 rings (SSSR count). The van der Waals surface area contributed by atoms with Gasteiger partial charge in [-0.15, -0.1) is 0 Å². The molecule has 2 heterocycles. The van der Waals surface area contributed by atoms with Crippen molar-refractivity contribution in [1.82, 2.24) is 4.57 Å². The molecule has 0 spiro atoms. The van der Waals surface area contributed by atoms with Crippen LogP contribution in [-0.2, 0) is 16.6 Å². The number of anilines is 2. The standard InChI is InChI=1S/C22H25N3O3S/c1-28-18-9-10-19-20(13-18)24(14-15-3-4-15)22(21(19)23)16-5-7-17(8-6-16)25-11-2-12-29(25,26)27/h5-10,13,15H,2-4,11-12,14,23H2,1H3. The highest BCUT2D eigenvalue weighted by Gasteiger charge is 2.29. The zero-order valence-corrected chi connectivity index (χ0v) is 17.3. The Labute approximate surface area is 170 Å². The Morgan fingerprint density at radius 3 is 2.52 bits per heavy atom. The van der Waals surface area contributed by atoms with Gasteiger partial charge in [-0.3, -0.25) is 4.31 Å². The highest BCUT2D eigenvalue weighted by Crippen LogP contribution is 2.41. The molecule has 6 nitrogen and oxygen atoms in total. The van der Waals surface area contributed by atoms with Gasteiger partial charge in [0.05, 0.1) is 35.4 Å². The fourth-order valence-electron chi connectivity index (χ4n) is 4.26. The highest BCUT2D eigenvalue weighted by molar-refractivity contribution is 7.93. The maximum Gasteiger partial charge on any atom is 0.235 e. The van der Waals surface area contributed by atoms with Gasteiger partial charge in [0.1, 0.15) is 5.75 Å². The lowest BCUT2D eigenvalue weighted by Crippen LogP contribution is -2.24. The van der Waals surface area contributed by atoms with Crippen molar-refractivity contribution in [2.75, 3.05) is 29.4 Å². The zero-order chi connectivity index (χ0) is 20.2. The normalized spacial score (nSPS) is 18.4. The van der Waals surface area contributed by atoms with Crippen LogP contribution in [-0.4, -0.2) is 32.4 Å². The Kier molecular flexibility index (Phi) is 4.24. The van der Waals surface area contributed by atoms with E-state index in [0.717, 1.165) is 45.8 Å². The van der Waals surface area contributed by atoms with Gasteiger partial charge in [-0.25, -0.2) is 8.42 Å². The van der Waals surface area contributed by atoms with E-state index in [1.807, 2.05) is 42.5 Å². The summed E-state index contributed by atoms with van der Waals surface area (Å²) in [7, 11) is -1.51. The minimum atomic E-state index is -3.18. The van der Waals surface area contributed by atoms with Gasteiger partial charge in [0.15, 0.2) is 0 Å². The third-order valence-corrected chi connectivity index (χ3v) is 7.85. The number of nitrogens with two attached hydrogens (primary N) is 1. The number of fused-ring (bicyclic) bond motifs is 1. The molecule has 2 fully saturated rings. The number of nitrogen functional groups attached to an aromatic ring is 1. The van der Waals surface area contributed by atoms with Gasteiger partial charge in [-0.1, -0.05) is 12.1 Å². The van der Waals surface area contributed by atoms with Crippen LogP contribution >= 0.6 is 0 Å². The number of nitrogens with zero attached hydrogens (tertiary/aromatic N) is 2. The first-order valence-corrected chi connectivity index (χ1v) is 11.7. The van der Waals surface area contributed by atoms with E-state index in [9.17, 15) is 8.42 Å². The summed E-state index contributed by atoms with van der Waals surface area (Å²) >= 11 is 0. The van der Waals surface area contributed by atoms with Crippen molar-refractivity contribution in [1.29, 1.82) is 0 Å². The number of rotatable bonds is 5. The summed E-state index contributed by atoms with van der Waals surface area (Å²) in [6.07, 6.45) is 3.16. The van der Waals surface area contributed by atoms with Crippen molar-refractivity contribution in [2.45, 2.75) is 25.8 Å². The van der Waals surface area contributed by atoms with Crippen molar-refractivity contribution in [3.8, 4) is 17.0 Å². The van der Waals surface area contributed by atoms with E-state index in [1.165, 1.54) is 17.1 Å². The molecule has 0 atom stereocenters. The fraction of sp³-hybridized carbons (Fsp3) is 0.364. The van der Waals surface area contributed by atoms with E-state index in [4.69, 9.17) is 10.5 Å². The highest BCUT2D eigenvalue weighted by atomic mass is 32.2. The molecule has 29 heavy (non-hydrogen) atoms. The molecular formula is C22H25N3O3S. The lowest BCUT2D eigenvalue weighted by atomic mass is 10.1. The molecule has 2 aliphatic rings.